The first-order chi connectivity index (χ1) is 9.28. The summed E-state index contributed by atoms with van der Waals surface area (Å²) in [6, 6.07) is 8.93. The Balaban J connectivity index is 1.80. The highest BCUT2D eigenvalue weighted by Crippen LogP contribution is 2.10. The topological polar surface area (TPSA) is 32.5 Å². The van der Waals surface area contributed by atoms with Crippen LogP contribution in [0.3, 0.4) is 0 Å². The summed E-state index contributed by atoms with van der Waals surface area (Å²) in [5.41, 5.74) is 8.36. The molecule has 1 aromatic carbocycles. The van der Waals surface area contributed by atoms with Crippen molar-refractivity contribution in [1.82, 2.24) is 9.80 Å². The van der Waals surface area contributed by atoms with E-state index in [1.54, 1.807) is 0 Å². The Bertz CT molecular complexity index is 361. The van der Waals surface area contributed by atoms with Crippen molar-refractivity contribution >= 4 is 0 Å². The van der Waals surface area contributed by atoms with E-state index in [1.807, 2.05) is 0 Å². The predicted octanol–water partition coefficient (Wildman–Crippen LogP) is 1.85. The summed E-state index contributed by atoms with van der Waals surface area (Å²) in [5, 5.41) is 0. The minimum Gasteiger partial charge on any atom is -0.330 e. The van der Waals surface area contributed by atoms with Gasteiger partial charge in [-0.15, -0.1) is 0 Å². The molecule has 0 unspecified atom stereocenters. The molecule has 2 rings (SSSR count). The summed E-state index contributed by atoms with van der Waals surface area (Å²) in [4.78, 5) is 5.13. The summed E-state index contributed by atoms with van der Waals surface area (Å²) in [5.74, 6) is 0. The zero-order valence-electron chi connectivity index (χ0n) is 12.1. The molecule has 3 nitrogen and oxygen atoms in total. The molecule has 0 aliphatic carbocycles. The molecule has 0 bridgehead atoms. The van der Waals surface area contributed by atoms with E-state index in [0.717, 1.165) is 26.1 Å². The van der Waals surface area contributed by atoms with E-state index in [4.69, 9.17) is 5.73 Å². The number of nitrogens with zero attached hydrogens (tertiary/aromatic N) is 2. The molecule has 1 aromatic rings. The van der Waals surface area contributed by atoms with Gasteiger partial charge in [0.15, 0.2) is 0 Å². The van der Waals surface area contributed by atoms with Crippen molar-refractivity contribution in [3.63, 3.8) is 0 Å². The molecule has 1 aliphatic heterocycles. The summed E-state index contributed by atoms with van der Waals surface area (Å²) in [6.45, 7) is 10.0. The van der Waals surface area contributed by atoms with Crippen molar-refractivity contribution < 1.29 is 0 Å². The minimum atomic E-state index is 0.809. The average molecular weight is 261 g/mol. The second-order valence-electron chi connectivity index (χ2n) is 5.60. The molecule has 0 saturated carbocycles. The third-order valence-corrected chi connectivity index (χ3v) is 3.89. The first-order valence-electron chi connectivity index (χ1n) is 7.48. The zero-order chi connectivity index (χ0) is 13.5. The van der Waals surface area contributed by atoms with Gasteiger partial charge in [0.2, 0.25) is 0 Å². The molecule has 1 heterocycles. The standard InChI is InChI=1S/C16H27N3/c1-15-4-6-16(7-5-15)14-19-11-3-10-18(12-13-19)9-2-8-17/h4-7H,2-3,8-14,17H2,1H3. The summed E-state index contributed by atoms with van der Waals surface area (Å²) < 4.78 is 0. The van der Waals surface area contributed by atoms with Crippen molar-refractivity contribution in [1.29, 1.82) is 0 Å². The molecule has 0 amide bonds. The van der Waals surface area contributed by atoms with Gasteiger partial charge in [0.25, 0.3) is 0 Å². The third-order valence-electron chi connectivity index (χ3n) is 3.89. The molecule has 0 atom stereocenters. The Morgan fingerprint density at radius 1 is 1.00 bits per heavy atom. The maximum absolute atomic E-state index is 5.59. The van der Waals surface area contributed by atoms with E-state index in [9.17, 15) is 0 Å². The van der Waals surface area contributed by atoms with E-state index in [0.29, 0.717) is 0 Å². The second kappa shape index (κ2) is 7.63. The van der Waals surface area contributed by atoms with Gasteiger partial charge in [0.05, 0.1) is 0 Å². The van der Waals surface area contributed by atoms with Gasteiger partial charge < -0.3 is 10.6 Å². The van der Waals surface area contributed by atoms with Crippen LogP contribution in [-0.4, -0.2) is 49.1 Å². The fourth-order valence-electron chi connectivity index (χ4n) is 2.67. The predicted molar refractivity (Wildman–Crippen MR) is 81.2 cm³/mol. The van der Waals surface area contributed by atoms with Crippen LogP contribution in [0.25, 0.3) is 0 Å². The van der Waals surface area contributed by atoms with Gasteiger partial charge in [0, 0.05) is 19.6 Å². The van der Waals surface area contributed by atoms with Gasteiger partial charge in [-0.3, -0.25) is 4.90 Å². The average Bonchev–Trinajstić information content (AvgIpc) is 2.64. The summed E-state index contributed by atoms with van der Waals surface area (Å²) >= 11 is 0. The Kier molecular flexibility index (Phi) is 5.83. The van der Waals surface area contributed by atoms with Crippen molar-refractivity contribution in [2.24, 2.45) is 5.73 Å². The summed E-state index contributed by atoms with van der Waals surface area (Å²) in [7, 11) is 0. The third kappa shape index (κ3) is 4.94. The first-order valence-corrected chi connectivity index (χ1v) is 7.48. The molecule has 3 heteroatoms. The lowest BCUT2D eigenvalue weighted by Crippen LogP contribution is -2.31. The van der Waals surface area contributed by atoms with E-state index < -0.39 is 0 Å². The molecule has 2 N–H and O–H groups in total. The monoisotopic (exact) mass is 261 g/mol. The van der Waals surface area contributed by atoms with E-state index in [1.165, 1.54) is 43.7 Å². The smallest absolute Gasteiger partial charge is 0.0234 e. The molecular weight excluding hydrogens is 234 g/mol. The maximum Gasteiger partial charge on any atom is 0.0234 e. The highest BCUT2D eigenvalue weighted by Gasteiger charge is 2.14. The lowest BCUT2D eigenvalue weighted by Gasteiger charge is -2.21. The lowest BCUT2D eigenvalue weighted by atomic mass is 10.1. The second-order valence-corrected chi connectivity index (χ2v) is 5.60. The normalized spacial score (nSPS) is 18.4. The van der Waals surface area contributed by atoms with Gasteiger partial charge in [-0.2, -0.15) is 0 Å². The lowest BCUT2D eigenvalue weighted by molar-refractivity contribution is 0.251. The summed E-state index contributed by atoms with van der Waals surface area (Å²) in [6.07, 6.45) is 2.40. The van der Waals surface area contributed by atoms with E-state index in [2.05, 4.69) is 41.0 Å². The number of hydrogen-bond acceptors (Lipinski definition) is 3. The van der Waals surface area contributed by atoms with Gasteiger partial charge in [-0.05, 0) is 51.5 Å². The van der Waals surface area contributed by atoms with Crippen LogP contribution < -0.4 is 5.73 Å². The maximum atomic E-state index is 5.59. The van der Waals surface area contributed by atoms with Gasteiger partial charge >= 0.3 is 0 Å². The van der Waals surface area contributed by atoms with Crippen molar-refractivity contribution in [3.05, 3.63) is 35.4 Å². The molecule has 19 heavy (non-hydrogen) atoms. The molecule has 0 aromatic heterocycles. The molecular formula is C16H27N3. The Hall–Kier alpha value is -0.900. The number of aryl methyl sites for hydroxylation is 1. The molecule has 0 spiro atoms. The number of benzene rings is 1. The van der Waals surface area contributed by atoms with Crippen molar-refractivity contribution in [2.75, 3.05) is 39.3 Å². The Labute approximate surface area is 117 Å². The van der Waals surface area contributed by atoms with Crippen LogP contribution in [0.5, 0.6) is 0 Å². The fourth-order valence-corrected chi connectivity index (χ4v) is 2.67. The van der Waals surface area contributed by atoms with Crippen LogP contribution in [0.4, 0.5) is 0 Å². The molecule has 1 saturated heterocycles. The van der Waals surface area contributed by atoms with Crippen molar-refractivity contribution in [2.45, 2.75) is 26.3 Å². The Morgan fingerprint density at radius 3 is 2.42 bits per heavy atom. The number of hydrogen-bond donors (Lipinski definition) is 1. The molecule has 106 valence electrons. The fraction of sp³-hybridized carbons (Fsp3) is 0.625. The molecule has 1 aliphatic rings. The number of rotatable bonds is 5. The zero-order valence-corrected chi connectivity index (χ0v) is 12.1. The highest BCUT2D eigenvalue weighted by molar-refractivity contribution is 5.21. The van der Waals surface area contributed by atoms with E-state index in [-0.39, 0.29) is 0 Å². The van der Waals surface area contributed by atoms with E-state index >= 15 is 0 Å². The quantitative estimate of drug-likeness (QED) is 0.878. The minimum absolute atomic E-state index is 0.809. The van der Waals surface area contributed by atoms with Crippen LogP contribution in [0.2, 0.25) is 0 Å². The molecule has 1 fully saturated rings. The SMILES string of the molecule is Cc1ccc(CN2CCCN(CCCN)CC2)cc1. The van der Waals surface area contributed by atoms with Gasteiger partial charge in [-0.25, -0.2) is 0 Å². The van der Waals surface area contributed by atoms with Crippen LogP contribution in [0.15, 0.2) is 24.3 Å². The molecule has 0 radical (unpaired) electrons. The number of nitrogens with two attached hydrogens (primary N) is 1. The highest BCUT2D eigenvalue weighted by atomic mass is 15.2. The van der Waals surface area contributed by atoms with Crippen LogP contribution >= 0.6 is 0 Å². The van der Waals surface area contributed by atoms with Crippen LogP contribution in [0, 0.1) is 6.92 Å². The van der Waals surface area contributed by atoms with Gasteiger partial charge in [-0.1, -0.05) is 29.8 Å². The van der Waals surface area contributed by atoms with Crippen molar-refractivity contribution in [3.8, 4) is 0 Å². The van der Waals surface area contributed by atoms with Crippen LogP contribution in [0.1, 0.15) is 24.0 Å². The van der Waals surface area contributed by atoms with Crippen LogP contribution in [-0.2, 0) is 6.54 Å². The largest absolute Gasteiger partial charge is 0.330 e. The first kappa shape index (κ1) is 14.5. The van der Waals surface area contributed by atoms with Gasteiger partial charge in [0.1, 0.15) is 0 Å². The Morgan fingerprint density at radius 2 is 1.68 bits per heavy atom.